The van der Waals surface area contributed by atoms with Gasteiger partial charge in [-0.05, 0) is 6.07 Å². The van der Waals surface area contributed by atoms with Crippen LogP contribution in [0.15, 0.2) is 55.1 Å². The molecule has 1 aromatic heterocycles. The van der Waals surface area contributed by atoms with E-state index in [0.717, 1.165) is 11.8 Å². The molecule has 1 saturated heterocycles. The van der Waals surface area contributed by atoms with E-state index in [2.05, 4.69) is 6.58 Å². The molecular formula is C23H29NO10. The van der Waals surface area contributed by atoms with Crippen LogP contribution in [0.1, 0.15) is 5.56 Å². The molecule has 0 radical (unpaired) electrons. The number of nitrogens with zero attached hydrogens (tertiary/aromatic N) is 1. The van der Waals surface area contributed by atoms with Gasteiger partial charge in [0.05, 0.1) is 18.8 Å². The monoisotopic (exact) mass is 479 g/mol. The number of carboxylic acid groups (broad SMARTS) is 1. The highest BCUT2D eigenvalue weighted by molar-refractivity contribution is 5.86. The second kappa shape index (κ2) is 11.7. The van der Waals surface area contributed by atoms with Crippen molar-refractivity contribution in [2.24, 2.45) is 11.8 Å². The van der Waals surface area contributed by atoms with E-state index < -0.39 is 61.4 Å². The van der Waals surface area contributed by atoms with E-state index in [1.54, 1.807) is 41.2 Å². The summed E-state index contributed by atoms with van der Waals surface area (Å²) in [7, 11) is 0. The molecule has 186 valence electrons. The number of pyridine rings is 1. The number of hydrogen-bond donors (Lipinski definition) is 5. The van der Waals surface area contributed by atoms with Gasteiger partial charge < -0.3 is 49.6 Å². The summed E-state index contributed by atoms with van der Waals surface area (Å²) in [5.41, 5.74) is 0.586. The lowest BCUT2D eigenvalue weighted by atomic mass is 9.83. The highest BCUT2D eigenvalue weighted by Gasteiger charge is 2.46. The van der Waals surface area contributed by atoms with Gasteiger partial charge in [0.15, 0.2) is 25.2 Å². The molecular weight excluding hydrogens is 450 g/mol. The molecule has 0 unspecified atom stereocenters. The maximum atomic E-state index is 11.7. The van der Waals surface area contributed by atoms with Gasteiger partial charge in [-0.1, -0.05) is 18.2 Å². The quantitative estimate of drug-likeness (QED) is 0.184. The van der Waals surface area contributed by atoms with E-state index >= 15 is 0 Å². The van der Waals surface area contributed by atoms with Gasteiger partial charge in [0.1, 0.15) is 31.0 Å². The van der Waals surface area contributed by atoms with Crippen molar-refractivity contribution in [3.05, 3.63) is 60.7 Å². The molecule has 0 bridgehead atoms. The molecule has 5 N–H and O–H groups in total. The van der Waals surface area contributed by atoms with Crippen LogP contribution >= 0.6 is 0 Å². The minimum atomic E-state index is -1.65. The Morgan fingerprint density at radius 2 is 1.97 bits per heavy atom. The molecule has 8 atom stereocenters. The fourth-order valence-electron chi connectivity index (χ4n) is 3.91. The average Bonchev–Trinajstić information content (AvgIpc) is 2.83. The van der Waals surface area contributed by atoms with Gasteiger partial charge in [-0.25, -0.2) is 4.57 Å². The van der Waals surface area contributed by atoms with Crippen LogP contribution in [0.5, 0.6) is 0 Å². The van der Waals surface area contributed by atoms with E-state index in [1.807, 2.05) is 0 Å². The zero-order valence-electron chi connectivity index (χ0n) is 18.3. The summed E-state index contributed by atoms with van der Waals surface area (Å²) < 4.78 is 18.3. The van der Waals surface area contributed by atoms with Crippen LogP contribution in [0.3, 0.4) is 0 Å². The summed E-state index contributed by atoms with van der Waals surface area (Å²) in [5, 5.41) is 60.4. The average molecular weight is 479 g/mol. The lowest BCUT2D eigenvalue weighted by molar-refractivity contribution is -0.698. The van der Waals surface area contributed by atoms with Gasteiger partial charge in [0.2, 0.25) is 6.29 Å². The summed E-state index contributed by atoms with van der Waals surface area (Å²) >= 11 is 0. The number of aliphatic carboxylic acids is 1. The van der Waals surface area contributed by atoms with Crippen molar-refractivity contribution >= 4 is 12.0 Å². The minimum Gasteiger partial charge on any atom is -0.545 e. The Balaban J connectivity index is 1.84. The van der Waals surface area contributed by atoms with Gasteiger partial charge in [-0.3, -0.25) is 0 Å². The second-order valence-electron chi connectivity index (χ2n) is 8.00. The fraction of sp³-hybridized carbons (Fsp3) is 0.478. The molecule has 3 rings (SSSR count). The van der Waals surface area contributed by atoms with Crippen LogP contribution in [0.25, 0.3) is 6.08 Å². The Morgan fingerprint density at radius 1 is 1.21 bits per heavy atom. The molecule has 11 heteroatoms. The van der Waals surface area contributed by atoms with E-state index in [1.165, 1.54) is 6.08 Å². The molecule has 1 aromatic rings. The van der Waals surface area contributed by atoms with E-state index in [0.29, 0.717) is 6.54 Å². The Kier molecular flexibility index (Phi) is 8.91. The smallest absolute Gasteiger partial charge is 0.208 e. The topological polar surface area (TPSA) is 173 Å². The number of hydrogen-bond acceptors (Lipinski definition) is 10. The van der Waals surface area contributed by atoms with Crippen LogP contribution < -0.4 is 9.67 Å². The standard InChI is InChI=1S/C23H29NO10/c1-2-14-15(6-5-13-4-3-7-24(10-13)8-9-25)16(21(30)31)12-32-22(14)34-23-20(29)19(28)18(27)17(11-26)33-23/h2-7,10,12,14-15,17-20,22-23,25-29H,1,8-9,11H2/b6-5+/t14-,15+,17-,18-,19+,20-,22+,23+/m1/s1. The zero-order valence-corrected chi connectivity index (χ0v) is 18.3. The minimum absolute atomic E-state index is 0.0368. The predicted molar refractivity (Wildman–Crippen MR) is 113 cm³/mol. The van der Waals surface area contributed by atoms with E-state index in [-0.39, 0.29) is 12.2 Å². The van der Waals surface area contributed by atoms with Crippen molar-refractivity contribution in [1.29, 1.82) is 0 Å². The number of allylic oxidation sites excluding steroid dienone is 1. The SMILES string of the molecule is C=C[C@H]1[C@H](O[C@@H]2O[C@H](CO)[C@@H](O)[C@H](O)[C@H]2O)OC=C(C(=O)[O-])[C@H]1/C=C/c1ccc[n+](CCO)c1. The second-order valence-corrected chi connectivity index (χ2v) is 8.00. The number of carbonyl (C=O) groups excluding carboxylic acids is 1. The summed E-state index contributed by atoms with van der Waals surface area (Å²) in [6.45, 7) is 3.47. The number of aliphatic hydroxyl groups excluding tert-OH is 5. The molecule has 2 aliphatic rings. The fourth-order valence-corrected chi connectivity index (χ4v) is 3.91. The summed E-state index contributed by atoms with van der Waals surface area (Å²) in [4.78, 5) is 11.7. The number of carboxylic acids is 1. The molecule has 0 amide bonds. The van der Waals surface area contributed by atoms with Gasteiger partial charge in [-0.2, -0.15) is 0 Å². The number of rotatable bonds is 9. The van der Waals surface area contributed by atoms with E-state index in [9.17, 15) is 30.3 Å². The van der Waals surface area contributed by atoms with Gasteiger partial charge in [0.25, 0.3) is 0 Å². The lowest BCUT2D eigenvalue weighted by Gasteiger charge is -2.43. The number of aromatic nitrogens is 1. The third-order valence-electron chi connectivity index (χ3n) is 5.78. The van der Waals surface area contributed by atoms with Crippen LogP contribution in [0, 0.1) is 11.8 Å². The van der Waals surface area contributed by atoms with Crippen molar-refractivity contribution in [2.75, 3.05) is 13.2 Å². The molecule has 1 fully saturated rings. The van der Waals surface area contributed by atoms with Crippen LogP contribution in [-0.4, -0.2) is 81.7 Å². The van der Waals surface area contributed by atoms with Crippen molar-refractivity contribution < 1.29 is 54.2 Å². The first-order valence-corrected chi connectivity index (χ1v) is 10.7. The Labute approximate surface area is 196 Å². The highest BCUT2D eigenvalue weighted by Crippen LogP contribution is 2.35. The normalized spacial score (nSPS) is 33.9. The Bertz CT molecular complexity index is 917. The highest BCUT2D eigenvalue weighted by atomic mass is 16.8. The molecule has 2 aliphatic heterocycles. The Morgan fingerprint density at radius 3 is 2.62 bits per heavy atom. The van der Waals surface area contributed by atoms with Crippen molar-refractivity contribution in [3.8, 4) is 0 Å². The molecule has 0 aromatic carbocycles. The van der Waals surface area contributed by atoms with Crippen molar-refractivity contribution in [2.45, 2.75) is 43.5 Å². The molecule has 0 spiro atoms. The first kappa shape index (κ1) is 26.0. The number of aliphatic hydroxyl groups is 5. The van der Waals surface area contributed by atoms with Gasteiger partial charge in [-0.15, -0.1) is 6.58 Å². The maximum absolute atomic E-state index is 11.7. The molecule has 0 saturated carbocycles. The zero-order chi connectivity index (χ0) is 24.8. The van der Waals surface area contributed by atoms with Crippen molar-refractivity contribution in [1.82, 2.24) is 0 Å². The summed E-state index contributed by atoms with van der Waals surface area (Å²) in [5.74, 6) is -3.01. The predicted octanol–water partition coefficient (Wildman–Crippen LogP) is -2.80. The summed E-state index contributed by atoms with van der Waals surface area (Å²) in [6, 6.07) is 3.59. The Hall–Kier alpha value is -2.64. The third-order valence-corrected chi connectivity index (χ3v) is 5.78. The first-order chi connectivity index (χ1) is 16.3. The van der Waals surface area contributed by atoms with Gasteiger partial charge >= 0.3 is 0 Å². The van der Waals surface area contributed by atoms with Gasteiger partial charge in [0, 0.05) is 29.0 Å². The third kappa shape index (κ3) is 5.70. The number of ether oxygens (including phenoxy) is 3. The molecule has 3 heterocycles. The molecule has 34 heavy (non-hydrogen) atoms. The maximum Gasteiger partial charge on any atom is 0.208 e. The first-order valence-electron chi connectivity index (χ1n) is 10.7. The van der Waals surface area contributed by atoms with Crippen molar-refractivity contribution in [3.63, 3.8) is 0 Å². The van der Waals surface area contributed by atoms with E-state index in [4.69, 9.17) is 19.3 Å². The molecule has 0 aliphatic carbocycles. The van der Waals surface area contributed by atoms with Crippen LogP contribution in [0.2, 0.25) is 0 Å². The van der Waals surface area contributed by atoms with Crippen LogP contribution in [-0.2, 0) is 25.5 Å². The van der Waals surface area contributed by atoms with Crippen LogP contribution in [0.4, 0.5) is 0 Å². The largest absolute Gasteiger partial charge is 0.545 e. The number of carbonyl (C=O) groups is 1. The molecule has 11 nitrogen and oxygen atoms in total. The lowest BCUT2D eigenvalue weighted by Crippen LogP contribution is -2.60. The summed E-state index contributed by atoms with van der Waals surface area (Å²) in [6.07, 6.45) is 0.612.